The highest BCUT2D eigenvalue weighted by Gasteiger charge is 2.22. The molecule has 1 aliphatic heterocycles. The van der Waals surface area contributed by atoms with E-state index in [1.807, 2.05) is 24.3 Å². The maximum absolute atomic E-state index is 12.2. The van der Waals surface area contributed by atoms with Crippen LogP contribution in [0.1, 0.15) is 12.8 Å². The fourth-order valence-corrected chi connectivity index (χ4v) is 2.55. The molecule has 2 heterocycles. The Bertz CT molecular complexity index is 603. The summed E-state index contributed by atoms with van der Waals surface area (Å²) in [5.74, 6) is 0.324. The van der Waals surface area contributed by atoms with E-state index in [0.717, 1.165) is 24.2 Å². The lowest BCUT2D eigenvalue weighted by atomic mass is 9.98. The Kier molecular flexibility index (Phi) is 4.34. The summed E-state index contributed by atoms with van der Waals surface area (Å²) in [6.45, 7) is 1.58. The predicted molar refractivity (Wildman–Crippen MR) is 81.8 cm³/mol. The van der Waals surface area contributed by atoms with Gasteiger partial charge in [0.2, 0.25) is 0 Å². The smallest absolute Gasteiger partial charge is 0.321 e. The lowest BCUT2D eigenvalue weighted by molar-refractivity contribution is 0.143. The highest BCUT2D eigenvalue weighted by atomic mass is 16.3. The van der Waals surface area contributed by atoms with E-state index in [4.69, 9.17) is 5.11 Å². The molecule has 7 nitrogen and oxygen atoms in total. The highest BCUT2D eigenvalue weighted by Crippen LogP contribution is 2.18. The average molecular weight is 301 g/mol. The van der Waals surface area contributed by atoms with Crippen molar-refractivity contribution < 1.29 is 9.90 Å². The quantitative estimate of drug-likeness (QED) is 0.900. The van der Waals surface area contributed by atoms with E-state index in [2.05, 4.69) is 15.5 Å². The SMILES string of the molecule is O=C(Nc1ccc(-n2nccn2)cc1)N1CCC(CO)CC1. The van der Waals surface area contributed by atoms with Gasteiger partial charge >= 0.3 is 6.03 Å². The summed E-state index contributed by atoms with van der Waals surface area (Å²) in [6, 6.07) is 7.27. The van der Waals surface area contributed by atoms with Crippen molar-refractivity contribution in [2.24, 2.45) is 5.92 Å². The molecular formula is C15H19N5O2. The molecule has 22 heavy (non-hydrogen) atoms. The number of hydrogen-bond donors (Lipinski definition) is 2. The van der Waals surface area contributed by atoms with E-state index in [-0.39, 0.29) is 12.6 Å². The monoisotopic (exact) mass is 301 g/mol. The molecule has 0 radical (unpaired) electrons. The Hall–Kier alpha value is -2.41. The van der Waals surface area contributed by atoms with Gasteiger partial charge in [-0.25, -0.2) is 4.79 Å². The number of aliphatic hydroxyl groups excluding tert-OH is 1. The number of nitrogens with zero attached hydrogens (tertiary/aromatic N) is 4. The molecule has 0 atom stereocenters. The van der Waals surface area contributed by atoms with E-state index in [1.165, 1.54) is 4.80 Å². The minimum absolute atomic E-state index is 0.0960. The van der Waals surface area contributed by atoms with Gasteiger partial charge in [0.05, 0.1) is 18.1 Å². The number of benzene rings is 1. The molecule has 1 aromatic carbocycles. The van der Waals surface area contributed by atoms with Crippen LogP contribution < -0.4 is 5.32 Å². The minimum atomic E-state index is -0.0960. The van der Waals surface area contributed by atoms with E-state index in [1.54, 1.807) is 17.3 Å². The number of aliphatic hydroxyl groups is 1. The molecule has 7 heteroatoms. The van der Waals surface area contributed by atoms with Crippen molar-refractivity contribution in [3.8, 4) is 5.69 Å². The van der Waals surface area contributed by atoms with Gasteiger partial charge in [-0.1, -0.05) is 0 Å². The molecule has 0 saturated carbocycles. The Morgan fingerprint density at radius 2 is 1.82 bits per heavy atom. The van der Waals surface area contributed by atoms with Crippen LogP contribution in [0.15, 0.2) is 36.7 Å². The van der Waals surface area contributed by atoms with Gasteiger partial charge in [0.25, 0.3) is 0 Å². The van der Waals surface area contributed by atoms with Crippen LogP contribution >= 0.6 is 0 Å². The molecule has 1 saturated heterocycles. The van der Waals surface area contributed by atoms with E-state index >= 15 is 0 Å². The number of nitrogens with one attached hydrogen (secondary N) is 1. The van der Waals surface area contributed by atoms with Crippen molar-refractivity contribution in [1.82, 2.24) is 19.9 Å². The van der Waals surface area contributed by atoms with E-state index in [9.17, 15) is 4.79 Å². The van der Waals surface area contributed by atoms with Crippen LogP contribution in [0, 0.1) is 5.92 Å². The number of anilines is 1. The zero-order chi connectivity index (χ0) is 15.4. The second-order valence-electron chi connectivity index (χ2n) is 5.41. The molecule has 3 rings (SSSR count). The normalized spacial score (nSPS) is 15.8. The van der Waals surface area contributed by atoms with E-state index in [0.29, 0.717) is 19.0 Å². The van der Waals surface area contributed by atoms with Crippen LogP contribution in [0.5, 0.6) is 0 Å². The summed E-state index contributed by atoms with van der Waals surface area (Å²) in [5.41, 5.74) is 1.58. The molecule has 1 fully saturated rings. The molecule has 0 spiro atoms. The van der Waals surface area contributed by atoms with Crippen molar-refractivity contribution in [3.63, 3.8) is 0 Å². The van der Waals surface area contributed by atoms with Gasteiger partial charge < -0.3 is 15.3 Å². The molecule has 2 amide bonds. The number of amides is 2. The number of carbonyl (C=O) groups excluding carboxylic acids is 1. The summed E-state index contributed by atoms with van der Waals surface area (Å²) in [5, 5.41) is 20.1. The molecule has 2 N–H and O–H groups in total. The Morgan fingerprint density at radius 1 is 1.18 bits per heavy atom. The lowest BCUT2D eigenvalue weighted by Crippen LogP contribution is -2.41. The molecule has 116 valence electrons. The summed E-state index contributed by atoms with van der Waals surface area (Å²) in [6.07, 6.45) is 4.94. The molecule has 2 aromatic rings. The Labute approximate surface area is 128 Å². The topological polar surface area (TPSA) is 83.3 Å². The van der Waals surface area contributed by atoms with Crippen LogP contribution in [0.2, 0.25) is 0 Å². The second-order valence-corrected chi connectivity index (χ2v) is 5.41. The van der Waals surface area contributed by atoms with Gasteiger partial charge in [-0.05, 0) is 43.0 Å². The maximum Gasteiger partial charge on any atom is 0.321 e. The molecule has 0 bridgehead atoms. The standard InChI is InChI=1S/C15H19N5O2/c21-11-12-5-9-19(10-6-12)15(22)18-13-1-3-14(4-2-13)20-16-7-8-17-20/h1-4,7-8,12,21H,5-6,9-11H2,(H,18,22). The first-order chi connectivity index (χ1) is 10.8. The van der Waals surface area contributed by atoms with Crippen molar-refractivity contribution >= 4 is 11.7 Å². The molecule has 1 aromatic heterocycles. The summed E-state index contributed by atoms with van der Waals surface area (Å²) >= 11 is 0. The zero-order valence-electron chi connectivity index (χ0n) is 12.2. The van der Waals surface area contributed by atoms with Crippen molar-refractivity contribution in [1.29, 1.82) is 0 Å². The first kappa shape index (κ1) is 14.5. The fraction of sp³-hybridized carbons (Fsp3) is 0.400. The number of urea groups is 1. The molecule has 0 unspecified atom stereocenters. The molecule has 1 aliphatic rings. The number of piperidine rings is 1. The highest BCUT2D eigenvalue weighted by molar-refractivity contribution is 5.89. The summed E-state index contributed by atoms with van der Waals surface area (Å²) in [7, 11) is 0. The van der Waals surface area contributed by atoms with E-state index < -0.39 is 0 Å². The number of aromatic nitrogens is 3. The lowest BCUT2D eigenvalue weighted by Gasteiger charge is -2.31. The second kappa shape index (κ2) is 6.57. The fourth-order valence-electron chi connectivity index (χ4n) is 2.55. The maximum atomic E-state index is 12.2. The molecular weight excluding hydrogens is 282 g/mol. The van der Waals surface area contributed by atoms with Gasteiger partial charge in [0, 0.05) is 25.4 Å². The van der Waals surface area contributed by atoms with Crippen molar-refractivity contribution in [3.05, 3.63) is 36.7 Å². The van der Waals surface area contributed by atoms with Gasteiger partial charge in [0.1, 0.15) is 0 Å². The van der Waals surface area contributed by atoms with Crippen LogP contribution in [0.25, 0.3) is 5.69 Å². The van der Waals surface area contributed by atoms with Gasteiger partial charge in [-0.15, -0.1) is 0 Å². The average Bonchev–Trinajstić information content (AvgIpc) is 3.10. The number of carbonyl (C=O) groups is 1. The third-order valence-corrected chi connectivity index (χ3v) is 3.93. The van der Waals surface area contributed by atoms with Crippen LogP contribution in [0.3, 0.4) is 0 Å². The van der Waals surface area contributed by atoms with Gasteiger partial charge in [-0.3, -0.25) is 0 Å². The molecule has 0 aliphatic carbocycles. The minimum Gasteiger partial charge on any atom is -0.396 e. The number of hydrogen-bond acceptors (Lipinski definition) is 4. The van der Waals surface area contributed by atoms with Crippen molar-refractivity contribution in [2.45, 2.75) is 12.8 Å². The summed E-state index contributed by atoms with van der Waals surface area (Å²) < 4.78 is 0. The Morgan fingerprint density at radius 3 is 2.41 bits per heavy atom. The van der Waals surface area contributed by atoms with Gasteiger partial charge in [0.15, 0.2) is 0 Å². The van der Waals surface area contributed by atoms with Crippen LogP contribution in [-0.4, -0.2) is 50.7 Å². The van der Waals surface area contributed by atoms with Gasteiger partial charge in [-0.2, -0.15) is 15.0 Å². The van der Waals surface area contributed by atoms with Crippen LogP contribution in [0.4, 0.5) is 10.5 Å². The number of rotatable bonds is 3. The number of likely N-dealkylation sites (tertiary alicyclic amines) is 1. The third kappa shape index (κ3) is 3.25. The van der Waals surface area contributed by atoms with Crippen molar-refractivity contribution in [2.75, 3.05) is 25.0 Å². The summed E-state index contributed by atoms with van der Waals surface area (Å²) in [4.78, 5) is 15.5. The van der Waals surface area contributed by atoms with Crippen LogP contribution in [-0.2, 0) is 0 Å². The largest absolute Gasteiger partial charge is 0.396 e. The zero-order valence-corrected chi connectivity index (χ0v) is 12.2. The predicted octanol–water partition coefficient (Wildman–Crippen LogP) is 1.50. The Balaban J connectivity index is 1.58. The first-order valence-electron chi connectivity index (χ1n) is 7.40. The third-order valence-electron chi connectivity index (χ3n) is 3.93. The first-order valence-corrected chi connectivity index (χ1v) is 7.40.